The maximum absolute atomic E-state index is 12.4. The van der Waals surface area contributed by atoms with E-state index in [1.54, 1.807) is 0 Å². The van der Waals surface area contributed by atoms with Gasteiger partial charge in [-0.3, -0.25) is 4.79 Å². The van der Waals surface area contributed by atoms with Crippen molar-refractivity contribution < 1.29 is 4.79 Å². The van der Waals surface area contributed by atoms with Gasteiger partial charge in [0.15, 0.2) is 0 Å². The summed E-state index contributed by atoms with van der Waals surface area (Å²) >= 11 is 5.92. The summed E-state index contributed by atoms with van der Waals surface area (Å²) in [5.74, 6) is 0.318. The predicted octanol–water partition coefficient (Wildman–Crippen LogP) is 3.17. The normalized spacial score (nSPS) is 21.4. The first-order valence-electron chi connectivity index (χ1n) is 8.22. The molecule has 1 heterocycles. The highest BCUT2D eigenvalue weighted by Crippen LogP contribution is 2.23. The molecule has 1 saturated heterocycles. The number of nitrogens with one attached hydrogen (secondary N) is 3. The highest BCUT2D eigenvalue weighted by Gasteiger charge is 2.30. The monoisotopic (exact) mass is 343 g/mol. The minimum absolute atomic E-state index is 0.0294. The van der Waals surface area contributed by atoms with E-state index in [4.69, 9.17) is 11.6 Å². The van der Waals surface area contributed by atoms with Gasteiger partial charge in [-0.15, -0.1) is 0 Å². The fourth-order valence-electron chi connectivity index (χ4n) is 2.92. The van der Waals surface area contributed by atoms with Gasteiger partial charge in [-0.2, -0.15) is 0 Å². The first kappa shape index (κ1) is 17.0. The number of hydrazine groups is 1. The minimum atomic E-state index is -0.228. The molecule has 4 nitrogen and oxygen atoms in total. The Morgan fingerprint density at radius 1 is 1.17 bits per heavy atom. The highest BCUT2D eigenvalue weighted by molar-refractivity contribution is 6.30. The third-order valence-corrected chi connectivity index (χ3v) is 4.70. The number of hydrogen-bond donors (Lipinski definition) is 3. The maximum atomic E-state index is 12.4. The molecule has 0 saturated carbocycles. The van der Waals surface area contributed by atoms with Gasteiger partial charge in [0.1, 0.15) is 6.04 Å². The van der Waals surface area contributed by atoms with E-state index in [0.717, 1.165) is 5.56 Å². The molecule has 2 aromatic rings. The molecule has 3 atom stereocenters. The van der Waals surface area contributed by atoms with Crippen LogP contribution in [0.25, 0.3) is 0 Å². The van der Waals surface area contributed by atoms with Gasteiger partial charge in [-0.05, 0) is 35.6 Å². The number of rotatable bonds is 5. The zero-order valence-electron chi connectivity index (χ0n) is 13.6. The van der Waals surface area contributed by atoms with Crippen molar-refractivity contribution in [1.29, 1.82) is 0 Å². The second-order valence-electron chi connectivity index (χ2n) is 6.24. The summed E-state index contributed by atoms with van der Waals surface area (Å²) in [6, 6.07) is 17.8. The number of carbonyl (C=O) groups is 1. The summed E-state index contributed by atoms with van der Waals surface area (Å²) < 4.78 is 0. The Morgan fingerprint density at radius 3 is 2.58 bits per heavy atom. The van der Waals surface area contributed by atoms with Crippen LogP contribution in [0.15, 0.2) is 54.6 Å². The summed E-state index contributed by atoms with van der Waals surface area (Å²) in [7, 11) is 0. The molecule has 3 rings (SSSR count). The molecule has 3 unspecified atom stereocenters. The predicted molar refractivity (Wildman–Crippen MR) is 96.7 cm³/mol. The molecule has 1 amide bonds. The lowest BCUT2D eigenvalue weighted by atomic mass is 10.00. The van der Waals surface area contributed by atoms with Crippen molar-refractivity contribution in [2.45, 2.75) is 31.3 Å². The van der Waals surface area contributed by atoms with E-state index in [1.807, 2.05) is 42.5 Å². The second kappa shape index (κ2) is 7.79. The Balaban J connectivity index is 1.50. The van der Waals surface area contributed by atoms with E-state index < -0.39 is 0 Å². The zero-order valence-corrected chi connectivity index (χ0v) is 14.4. The number of hydrogen-bond acceptors (Lipinski definition) is 3. The van der Waals surface area contributed by atoms with Crippen molar-refractivity contribution in [3.8, 4) is 0 Å². The molecular weight excluding hydrogens is 322 g/mol. The molecular formula is C19H22ClN3O. The summed E-state index contributed by atoms with van der Waals surface area (Å²) in [6.45, 7) is 2.75. The molecule has 3 N–H and O–H groups in total. The van der Waals surface area contributed by atoms with E-state index in [0.29, 0.717) is 18.0 Å². The summed E-state index contributed by atoms with van der Waals surface area (Å²) in [6.07, 6.45) is 0.715. The van der Waals surface area contributed by atoms with Crippen molar-refractivity contribution in [2.75, 3.05) is 6.54 Å². The fourth-order valence-corrected chi connectivity index (χ4v) is 3.04. The molecule has 0 aliphatic carbocycles. The molecule has 1 fully saturated rings. The van der Waals surface area contributed by atoms with Crippen molar-refractivity contribution in [3.63, 3.8) is 0 Å². The van der Waals surface area contributed by atoms with E-state index in [1.165, 1.54) is 5.56 Å². The van der Waals surface area contributed by atoms with Gasteiger partial charge in [-0.1, -0.05) is 61.0 Å². The lowest BCUT2D eigenvalue weighted by Crippen LogP contribution is -2.44. The van der Waals surface area contributed by atoms with Crippen LogP contribution in [0.5, 0.6) is 0 Å². The Labute approximate surface area is 147 Å². The lowest BCUT2D eigenvalue weighted by molar-refractivity contribution is -0.122. The zero-order chi connectivity index (χ0) is 16.9. The van der Waals surface area contributed by atoms with E-state index in [9.17, 15) is 4.79 Å². The van der Waals surface area contributed by atoms with E-state index >= 15 is 0 Å². The van der Waals surface area contributed by atoms with Crippen LogP contribution < -0.4 is 16.2 Å². The van der Waals surface area contributed by atoms with Crippen molar-refractivity contribution in [3.05, 3.63) is 70.7 Å². The van der Waals surface area contributed by atoms with Gasteiger partial charge in [0, 0.05) is 17.6 Å². The Kier molecular flexibility index (Phi) is 5.51. The van der Waals surface area contributed by atoms with Gasteiger partial charge in [-0.25, -0.2) is 10.9 Å². The molecule has 0 aromatic heterocycles. The van der Waals surface area contributed by atoms with Crippen molar-refractivity contribution in [2.24, 2.45) is 0 Å². The molecule has 24 heavy (non-hydrogen) atoms. The SMILES string of the molecule is CC(CNC(=O)C1CC(c2ccc(Cl)cc2)NN1)c1ccccc1. The largest absolute Gasteiger partial charge is 0.354 e. The molecule has 1 aliphatic rings. The molecule has 5 heteroatoms. The van der Waals surface area contributed by atoms with E-state index in [2.05, 4.69) is 35.2 Å². The Hall–Kier alpha value is -1.88. The topological polar surface area (TPSA) is 53.2 Å². The molecule has 1 aliphatic heterocycles. The molecule has 0 spiro atoms. The number of benzene rings is 2. The minimum Gasteiger partial charge on any atom is -0.354 e. The Morgan fingerprint density at radius 2 is 1.88 bits per heavy atom. The van der Waals surface area contributed by atoms with Crippen LogP contribution in [0.1, 0.15) is 36.4 Å². The molecule has 2 aromatic carbocycles. The maximum Gasteiger partial charge on any atom is 0.238 e. The van der Waals surface area contributed by atoms with Gasteiger partial charge in [0.2, 0.25) is 5.91 Å². The third-order valence-electron chi connectivity index (χ3n) is 4.44. The van der Waals surface area contributed by atoms with Gasteiger partial charge in [0.25, 0.3) is 0 Å². The van der Waals surface area contributed by atoms with Crippen LogP contribution in [-0.2, 0) is 4.79 Å². The average molecular weight is 344 g/mol. The first-order chi connectivity index (χ1) is 11.6. The quantitative estimate of drug-likeness (QED) is 0.781. The lowest BCUT2D eigenvalue weighted by Gasteiger charge is -2.15. The summed E-state index contributed by atoms with van der Waals surface area (Å²) in [4.78, 5) is 12.4. The van der Waals surface area contributed by atoms with Crippen LogP contribution in [0.2, 0.25) is 5.02 Å². The van der Waals surface area contributed by atoms with Gasteiger partial charge in [0.05, 0.1) is 0 Å². The summed E-state index contributed by atoms with van der Waals surface area (Å²) in [5, 5.41) is 3.76. The van der Waals surface area contributed by atoms with Crippen LogP contribution in [0.3, 0.4) is 0 Å². The second-order valence-corrected chi connectivity index (χ2v) is 6.67. The standard InChI is InChI=1S/C19H22ClN3O/c1-13(14-5-3-2-4-6-14)12-21-19(24)18-11-17(22-23-18)15-7-9-16(20)10-8-15/h2-10,13,17-18,22-23H,11-12H2,1H3,(H,21,24). The first-order valence-corrected chi connectivity index (χ1v) is 8.60. The Bertz CT molecular complexity index is 675. The van der Waals surface area contributed by atoms with Crippen LogP contribution >= 0.6 is 11.6 Å². The van der Waals surface area contributed by atoms with Crippen molar-refractivity contribution in [1.82, 2.24) is 16.2 Å². The molecule has 126 valence electrons. The fraction of sp³-hybridized carbons (Fsp3) is 0.316. The van der Waals surface area contributed by atoms with Gasteiger partial charge < -0.3 is 5.32 Å². The molecule has 0 bridgehead atoms. The van der Waals surface area contributed by atoms with Gasteiger partial charge >= 0.3 is 0 Å². The smallest absolute Gasteiger partial charge is 0.238 e. The van der Waals surface area contributed by atoms with Crippen molar-refractivity contribution >= 4 is 17.5 Å². The molecule has 0 radical (unpaired) electrons. The van der Waals surface area contributed by atoms with E-state index in [-0.39, 0.29) is 23.9 Å². The average Bonchev–Trinajstić information content (AvgIpc) is 3.11. The number of halogens is 1. The number of carbonyl (C=O) groups excluding carboxylic acids is 1. The highest BCUT2D eigenvalue weighted by atomic mass is 35.5. The number of amides is 1. The van der Waals surface area contributed by atoms with Crippen LogP contribution in [-0.4, -0.2) is 18.5 Å². The van der Waals surface area contributed by atoms with Crippen LogP contribution in [0, 0.1) is 0 Å². The van der Waals surface area contributed by atoms with Crippen LogP contribution in [0.4, 0.5) is 0 Å². The summed E-state index contributed by atoms with van der Waals surface area (Å²) in [5.41, 5.74) is 8.63. The third kappa shape index (κ3) is 4.15.